The second kappa shape index (κ2) is 8.01. The van der Waals surface area contributed by atoms with Crippen molar-refractivity contribution < 1.29 is 18.0 Å². The fourth-order valence-electron chi connectivity index (χ4n) is 2.25. The van der Waals surface area contributed by atoms with E-state index in [1.807, 2.05) is 0 Å². The summed E-state index contributed by atoms with van der Waals surface area (Å²) in [6.07, 6.45) is 2.97. The summed E-state index contributed by atoms with van der Waals surface area (Å²) in [5, 5.41) is 8.45. The van der Waals surface area contributed by atoms with Crippen LogP contribution in [0.2, 0.25) is 0 Å². The van der Waals surface area contributed by atoms with Crippen LogP contribution in [0.1, 0.15) is 25.3 Å². The molecular formula is C18H19N3O4S2. The Hall–Kier alpha value is -2.52. The highest BCUT2D eigenvalue weighted by atomic mass is 32.2. The second-order valence-corrected chi connectivity index (χ2v) is 9.35. The number of amides is 1. The van der Waals surface area contributed by atoms with Crippen molar-refractivity contribution >= 4 is 37.9 Å². The number of hydrogen-bond donors (Lipinski definition) is 1. The summed E-state index contributed by atoms with van der Waals surface area (Å²) in [6.45, 7) is 5.67. The molecule has 3 rings (SSSR count). The second-order valence-electron chi connectivity index (χ2n) is 6.23. The molecule has 0 atom stereocenters. The molecule has 0 bridgehead atoms. The predicted octanol–water partition coefficient (Wildman–Crippen LogP) is 3.01. The van der Waals surface area contributed by atoms with Gasteiger partial charge in [-0.15, -0.1) is 11.3 Å². The first-order chi connectivity index (χ1) is 12.9. The van der Waals surface area contributed by atoms with Gasteiger partial charge in [-0.25, -0.2) is 13.4 Å². The number of sulfone groups is 1. The molecule has 0 unspecified atom stereocenters. The Morgan fingerprint density at radius 3 is 2.63 bits per heavy atom. The zero-order valence-corrected chi connectivity index (χ0v) is 16.3. The quantitative estimate of drug-likeness (QED) is 0.414. The van der Waals surface area contributed by atoms with Gasteiger partial charge in [0, 0.05) is 17.1 Å². The van der Waals surface area contributed by atoms with Gasteiger partial charge in [0.05, 0.1) is 10.1 Å². The van der Waals surface area contributed by atoms with Gasteiger partial charge in [-0.1, -0.05) is 23.9 Å². The minimum atomic E-state index is -3.29. The molecule has 1 heterocycles. The predicted molar refractivity (Wildman–Crippen MR) is 105 cm³/mol. The van der Waals surface area contributed by atoms with Crippen LogP contribution in [0.4, 0.5) is 5.13 Å². The Kier molecular flexibility index (Phi) is 5.71. The van der Waals surface area contributed by atoms with Gasteiger partial charge >= 0.3 is 0 Å². The lowest BCUT2D eigenvalue weighted by atomic mass is 10.1. The molecule has 27 heavy (non-hydrogen) atoms. The van der Waals surface area contributed by atoms with E-state index in [9.17, 15) is 13.2 Å². The summed E-state index contributed by atoms with van der Waals surface area (Å²) in [6, 6.07) is 6.10. The highest BCUT2D eigenvalue weighted by molar-refractivity contribution is 7.92. The molecule has 1 aliphatic rings. The van der Waals surface area contributed by atoms with Crippen LogP contribution in [0.3, 0.4) is 0 Å². The maximum atomic E-state index is 12.6. The number of carbonyl (C=O) groups is 1. The third kappa shape index (κ3) is 4.81. The molecule has 1 aliphatic carbocycles. The Bertz CT molecular complexity index is 961. The van der Waals surface area contributed by atoms with Gasteiger partial charge in [0.2, 0.25) is 0 Å². The molecule has 0 aliphatic heterocycles. The normalized spacial score (nSPS) is 14.6. The third-order valence-electron chi connectivity index (χ3n) is 3.75. The van der Waals surface area contributed by atoms with Crippen LogP contribution >= 0.6 is 11.3 Å². The molecular weight excluding hydrogens is 386 g/mol. The van der Waals surface area contributed by atoms with E-state index >= 15 is 0 Å². The van der Waals surface area contributed by atoms with E-state index in [1.165, 1.54) is 23.5 Å². The van der Waals surface area contributed by atoms with Crippen LogP contribution in [-0.4, -0.2) is 36.9 Å². The Morgan fingerprint density at radius 2 is 2.07 bits per heavy atom. The molecule has 1 amide bonds. The SMILES string of the molecule is C=C(C)CO/N=C(/C(=O)Nc1nccs1)c1ccc(S(=O)(=O)C2CC2)cc1. The lowest BCUT2D eigenvalue weighted by Crippen LogP contribution is -2.24. The van der Waals surface area contributed by atoms with Crippen LogP contribution in [0.5, 0.6) is 0 Å². The van der Waals surface area contributed by atoms with Crippen molar-refractivity contribution in [3.8, 4) is 0 Å². The molecule has 0 radical (unpaired) electrons. The van der Waals surface area contributed by atoms with Crippen molar-refractivity contribution in [1.82, 2.24) is 4.98 Å². The average Bonchev–Trinajstić information content (AvgIpc) is 3.38. The van der Waals surface area contributed by atoms with E-state index in [-0.39, 0.29) is 22.5 Å². The number of rotatable bonds is 8. The lowest BCUT2D eigenvalue weighted by Gasteiger charge is -2.08. The number of aromatic nitrogens is 1. The Morgan fingerprint density at radius 1 is 1.37 bits per heavy atom. The topological polar surface area (TPSA) is 97.7 Å². The minimum absolute atomic E-state index is 0.0295. The van der Waals surface area contributed by atoms with Crippen LogP contribution in [0.25, 0.3) is 0 Å². The monoisotopic (exact) mass is 405 g/mol. The lowest BCUT2D eigenvalue weighted by molar-refractivity contribution is -0.110. The molecule has 1 fully saturated rings. The van der Waals surface area contributed by atoms with Crippen molar-refractivity contribution in [2.75, 3.05) is 11.9 Å². The van der Waals surface area contributed by atoms with Gasteiger partial charge in [0.1, 0.15) is 6.61 Å². The largest absolute Gasteiger partial charge is 0.391 e. The number of nitrogens with one attached hydrogen (secondary N) is 1. The zero-order valence-electron chi connectivity index (χ0n) is 14.7. The van der Waals surface area contributed by atoms with Gasteiger partial charge in [-0.2, -0.15) is 0 Å². The first-order valence-corrected chi connectivity index (χ1v) is 10.7. The summed E-state index contributed by atoms with van der Waals surface area (Å²) in [5.74, 6) is -0.496. The highest BCUT2D eigenvalue weighted by Gasteiger charge is 2.36. The van der Waals surface area contributed by atoms with Crippen LogP contribution in [0.15, 0.2) is 58.0 Å². The van der Waals surface area contributed by atoms with E-state index < -0.39 is 15.7 Å². The highest BCUT2D eigenvalue weighted by Crippen LogP contribution is 2.33. The molecule has 0 spiro atoms. The van der Waals surface area contributed by atoms with Gasteiger partial charge in [0.15, 0.2) is 20.7 Å². The van der Waals surface area contributed by atoms with Gasteiger partial charge in [-0.3, -0.25) is 10.1 Å². The first-order valence-electron chi connectivity index (χ1n) is 8.27. The zero-order chi connectivity index (χ0) is 19.4. The Balaban J connectivity index is 1.85. The number of hydrogen-bond acceptors (Lipinski definition) is 7. The van der Waals surface area contributed by atoms with Crippen LogP contribution < -0.4 is 5.32 Å². The molecule has 1 aromatic heterocycles. The Labute approximate surface area is 161 Å². The maximum Gasteiger partial charge on any atom is 0.280 e. The van der Waals surface area contributed by atoms with Gasteiger partial charge in [0.25, 0.3) is 5.91 Å². The smallest absolute Gasteiger partial charge is 0.280 e. The number of oxime groups is 1. The van der Waals surface area contributed by atoms with Crippen molar-refractivity contribution in [1.29, 1.82) is 0 Å². The third-order valence-corrected chi connectivity index (χ3v) is 6.72. The molecule has 1 saturated carbocycles. The van der Waals surface area contributed by atoms with Crippen LogP contribution in [0, 0.1) is 0 Å². The van der Waals surface area contributed by atoms with Gasteiger partial charge < -0.3 is 4.84 Å². The minimum Gasteiger partial charge on any atom is -0.391 e. The maximum absolute atomic E-state index is 12.6. The van der Waals surface area contributed by atoms with Crippen molar-refractivity contribution in [2.45, 2.75) is 29.9 Å². The standard InChI is InChI=1S/C18H19N3O4S2/c1-12(2)11-25-21-16(17(22)20-18-19-9-10-26-18)13-3-5-14(6-4-13)27(23,24)15-7-8-15/h3-6,9-10,15H,1,7-8,11H2,2H3,(H,19,20,22)/b21-16+. The summed E-state index contributed by atoms with van der Waals surface area (Å²) in [5.41, 5.74) is 1.23. The number of anilines is 1. The summed E-state index contributed by atoms with van der Waals surface area (Å²) in [4.78, 5) is 22.0. The van der Waals surface area contributed by atoms with E-state index in [1.54, 1.807) is 30.6 Å². The molecule has 1 N–H and O–H groups in total. The molecule has 142 valence electrons. The summed E-state index contributed by atoms with van der Waals surface area (Å²) >= 11 is 1.28. The fraction of sp³-hybridized carbons (Fsp3) is 0.278. The summed E-state index contributed by atoms with van der Waals surface area (Å²) < 4.78 is 24.6. The first kappa shape index (κ1) is 19.2. The fourth-order valence-corrected chi connectivity index (χ4v) is 4.43. The number of thiazole rings is 1. The number of nitrogens with zero attached hydrogens (tertiary/aromatic N) is 2. The van der Waals surface area contributed by atoms with Crippen molar-refractivity contribution in [3.63, 3.8) is 0 Å². The molecule has 1 aromatic carbocycles. The van der Waals surface area contributed by atoms with Crippen LogP contribution in [-0.2, 0) is 19.5 Å². The van der Waals surface area contributed by atoms with E-state index in [4.69, 9.17) is 4.84 Å². The molecule has 9 heteroatoms. The van der Waals surface area contributed by atoms with Crippen molar-refractivity contribution in [3.05, 3.63) is 53.6 Å². The summed E-state index contributed by atoms with van der Waals surface area (Å²) in [7, 11) is -3.29. The van der Waals surface area contributed by atoms with E-state index in [2.05, 4.69) is 22.0 Å². The van der Waals surface area contributed by atoms with Crippen molar-refractivity contribution in [2.24, 2.45) is 5.16 Å². The van der Waals surface area contributed by atoms with E-state index in [0.717, 1.165) is 5.57 Å². The van der Waals surface area contributed by atoms with E-state index in [0.29, 0.717) is 23.5 Å². The molecule has 7 nitrogen and oxygen atoms in total. The molecule has 2 aromatic rings. The average molecular weight is 406 g/mol. The number of benzene rings is 1. The van der Waals surface area contributed by atoms with Gasteiger partial charge in [-0.05, 0) is 37.5 Å². The number of carbonyl (C=O) groups excluding carboxylic acids is 1. The molecule has 0 saturated heterocycles.